The highest BCUT2D eigenvalue weighted by atomic mass is 16.3. The second kappa shape index (κ2) is 5.37. The van der Waals surface area contributed by atoms with Crippen molar-refractivity contribution in [1.82, 2.24) is 0 Å². The van der Waals surface area contributed by atoms with Gasteiger partial charge in [0, 0.05) is 18.4 Å². The molecule has 0 atom stereocenters. The van der Waals surface area contributed by atoms with Gasteiger partial charge in [0.15, 0.2) is 11.6 Å². The van der Waals surface area contributed by atoms with Crippen LogP contribution in [0.4, 0.5) is 0 Å². The van der Waals surface area contributed by atoms with Crippen LogP contribution in [0.2, 0.25) is 0 Å². The van der Waals surface area contributed by atoms with Crippen LogP contribution >= 0.6 is 0 Å². The van der Waals surface area contributed by atoms with E-state index in [0.717, 1.165) is 11.1 Å². The molecule has 3 heteroatoms. The first-order chi connectivity index (χ1) is 10.2. The van der Waals surface area contributed by atoms with Crippen LogP contribution < -0.4 is 0 Å². The number of benzene rings is 2. The topological polar surface area (TPSA) is 54.4 Å². The highest BCUT2D eigenvalue weighted by Gasteiger charge is 2.29. The standard InChI is InChI=1S/C18H14O3/c19-15(10-12-6-2-1-3-7-12)17-16(20)11-13-8-4-5-9-14(13)18(17)21/h1-9,21H,10-11H2. The normalized spacial score (nSPS) is 14.0. The van der Waals surface area contributed by atoms with Crippen LogP contribution in [0.3, 0.4) is 0 Å². The summed E-state index contributed by atoms with van der Waals surface area (Å²) in [5, 5.41) is 10.3. The molecule has 0 aliphatic heterocycles. The van der Waals surface area contributed by atoms with Crippen LogP contribution in [0.25, 0.3) is 5.76 Å². The van der Waals surface area contributed by atoms with E-state index in [1.165, 1.54) is 0 Å². The van der Waals surface area contributed by atoms with Gasteiger partial charge in [-0.3, -0.25) is 9.59 Å². The minimum atomic E-state index is -0.335. The van der Waals surface area contributed by atoms with E-state index >= 15 is 0 Å². The minimum absolute atomic E-state index is 0.0717. The number of allylic oxidation sites excluding steroid dienone is 1. The highest BCUT2D eigenvalue weighted by molar-refractivity contribution is 6.26. The molecule has 3 rings (SSSR count). The first-order valence-electron chi connectivity index (χ1n) is 6.78. The van der Waals surface area contributed by atoms with E-state index in [-0.39, 0.29) is 35.7 Å². The van der Waals surface area contributed by atoms with Crippen molar-refractivity contribution in [3.63, 3.8) is 0 Å². The number of hydrogen-bond acceptors (Lipinski definition) is 3. The summed E-state index contributed by atoms with van der Waals surface area (Å²) >= 11 is 0. The summed E-state index contributed by atoms with van der Waals surface area (Å²) < 4.78 is 0. The number of rotatable bonds is 3. The Morgan fingerprint density at radius 2 is 1.67 bits per heavy atom. The van der Waals surface area contributed by atoms with E-state index in [9.17, 15) is 14.7 Å². The van der Waals surface area contributed by atoms with Crippen LogP contribution in [0.5, 0.6) is 0 Å². The van der Waals surface area contributed by atoms with Crippen molar-refractivity contribution in [2.24, 2.45) is 0 Å². The molecule has 0 bridgehead atoms. The third-order valence-electron chi connectivity index (χ3n) is 3.63. The Kier molecular flexibility index (Phi) is 3.40. The van der Waals surface area contributed by atoms with E-state index in [4.69, 9.17) is 0 Å². The van der Waals surface area contributed by atoms with Gasteiger partial charge < -0.3 is 5.11 Å². The van der Waals surface area contributed by atoms with Crippen molar-refractivity contribution in [2.45, 2.75) is 12.8 Å². The number of carbonyl (C=O) groups is 2. The molecule has 0 amide bonds. The van der Waals surface area contributed by atoms with Gasteiger partial charge in [0.2, 0.25) is 0 Å². The lowest BCUT2D eigenvalue weighted by Crippen LogP contribution is -2.23. The zero-order valence-corrected chi connectivity index (χ0v) is 11.4. The second-order valence-corrected chi connectivity index (χ2v) is 5.07. The Hall–Kier alpha value is -2.68. The van der Waals surface area contributed by atoms with Gasteiger partial charge in [0.1, 0.15) is 11.3 Å². The molecule has 2 aromatic carbocycles. The van der Waals surface area contributed by atoms with Gasteiger partial charge >= 0.3 is 0 Å². The van der Waals surface area contributed by atoms with Crippen LogP contribution in [-0.2, 0) is 22.4 Å². The largest absolute Gasteiger partial charge is 0.506 e. The monoisotopic (exact) mass is 278 g/mol. The van der Waals surface area contributed by atoms with E-state index in [2.05, 4.69) is 0 Å². The lowest BCUT2D eigenvalue weighted by Gasteiger charge is -2.17. The zero-order valence-electron chi connectivity index (χ0n) is 11.4. The molecule has 21 heavy (non-hydrogen) atoms. The molecule has 0 aromatic heterocycles. The summed E-state index contributed by atoms with van der Waals surface area (Å²) in [5.74, 6) is -0.840. The quantitative estimate of drug-likeness (QED) is 0.878. The fourth-order valence-electron chi connectivity index (χ4n) is 2.59. The fraction of sp³-hybridized carbons (Fsp3) is 0.111. The van der Waals surface area contributed by atoms with Gasteiger partial charge in [-0.05, 0) is 11.1 Å². The Balaban J connectivity index is 1.97. The molecule has 1 aliphatic rings. The SMILES string of the molecule is O=C(Cc1ccccc1)C1=C(O)c2ccccc2CC1=O. The van der Waals surface area contributed by atoms with Crippen molar-refractivity contribution >= 4 is 17.3 Å². The number of hydrogen-bond donors (Lipinski definition) is 1. The Morgan fingerprint density at radius 1 is 1.00 bits per heavy atom. The van der Waals surface area contributed by atoms with E-state index in [1.807, 2.05) is 36.4 Å². The van der Waals surface area contributed by atoms with Crippen LogP contribution in [-0.4, -0.2) is 16.7 Å². The number of carbonyl (C=O) groups excluding carboxylic acids is 2. The predicted octanol–water partition coefficient (Wildman–Crippen LogP) is 2.89. The van der Waals surface area contributed by atoms with Crippen molar-refractivity contribution in [2.75, 3.05) is 0 Å². The maximum Gasteiger partial charge on any atom is 0.174 e. The molecule has 0 heterocycles. The molecule has 3 nitrogen and oxygen atoms in total. The average molecular weight is 278 g/mol. The van der Waals surface area contributed by atoms with E-state index in [1.54, 1.807) is 18.2 Å². The summed E-state index contributed by atoms with van der Waals surface area (Å²) in [6.45, 7) is 0. The van der Waals surface area contributed by atoms with Crippen molar-refractivity contribution in [3.05, 3.63) is 76.9 Å². The summed E-state index contributed by atoms with van der Waals surface area (Å²) in [6, 6.07) is 16.3. The molecule has 0 saturated carbocycles. The number of aliphatic hydroxyl groups is 1. The van der Waals surface area contributed by atoms with Crippen molar-refractivity contribution in [1.29, 1.82) is 0 Å². The van der Waals surface area contributed by atoms with Gasteiger partial charge in [0.05, 0.1) is 0 Å². The summed E-state index contributed by atoms with van der Waals surface area (Å²) in [7, 11) is 0. The first-order valence-corrected chi connectivity index (χ1v) is 6.78. The molecule has 0 radical (unpaired) electrons. The molecule has 1 aliphatic carbocycles. The number of fused-ring (bicyclic) bond motifs is 1. The predicted molar refractivity (Wildman–Crippen MR) is 79.9 cm³/mol. The molecule has 104 valence electrons. The minimum Gasteiger partial charge on any atom is -0.506 e. The second-order valence-electron chi connectivity index (χ2n) is 5.07. The number of Topliss-reactive ketones (excluding diaryl/α,β-unsaturated/α-hetero) is 2. The van der Waals surface area contributed by atoms with Crippen LogP contribution in [0.15, 0.2) is 60.2 Å². The van der Waals surface area contributed by atoms with Crippen molar-refractivity contribution < 1.29 is 14.7 Å². The molecule has 2 aromatic rings. The third-order valence-corrected chi connectivity index (χ3v) is 3.63. The smallest absolute Gasteiger partial charge is 0.174 e. The molecule has 0 fully saturated rings. The van der Waals surface area contributed by atoms with Gasteiger partial charge in [-0.2, -0.15) is 0 Å². The van der Waals surface area contributed by atoms with Gasteiger partial charge in [0.25, 0.3) is 0 Å². The van der Waals surface area contributed by atoms with Gasteiger partial charge in [-0.15, -0.1) is 0 Å². The summed E-state index contributed by atoms with van der Waals surface area (Å²) in [6.07, 6.45) is 0.282. The molecule has 0 saturated heterocycles. The molecular formula is C18H14O3. The Labute approximate surface area is 122 Å². The first kappa shape index (κ1) is 13.3. The zero-order chi connectivity index (χ0) is 14.8. The lowest BCUT2D eigenvalue weighted by atomic mass is 9.86. The molecule has 0 unspecified atom stereocenters. The van der Waals surface area contributed by atoms with E-state index in [0.29, 0.717) is 5.56 Å². The number of ketones is 2. The highest BCUT2D eigenvalue weighted by Crippen LogP contribution is 2.28. The van der Waals surface area contributed by atoms with Gasteiger partial charge in [-0.1, -0.05) is 54.6 Å². The molecule has 0 spiro atoms. The Morgan fingerprint density at radius 3 is 2.43 bits per heavy atom. The Bertz CT molecular complexity index is 742. The van der Waals surface area contributed by atoms with Crippen LogP contribution in [0, 0.1) is 0 Å². The van der Waals surface area contributed by atoms with Crippen LogP contribution in [0.1, 0.15) is 16.7 Å². The number of aliphatic hydroxyl groups excluding tert-OH is 1. The lowest BCUT2D eigenvalue weighted by molar-refractivity contribution is -0.120. The fourth-order valence-corrected chi connectivity index (χ4v) is 2.59. The van der Waals surface area contributed by atoms with Crippen molar-refractivity contribution in [3.8, 4) is 0 Å². The van der Waals surface area contributed by atoms with Gasteiger partial charge in [-0.25, -0.2) is 0 Å². The average Bonchev–Trinajstić information content (AvgIpc) is 2.48. The third kappa shape index (κ3) is 2.50. The molecular weight excluding hydrogens is 264 g/mol. The molecule has 1 N–H and O–H groups in total. The maximum absolute atomic E-state index is 12.4. The summed E-state index contributed by atoms with van der Waals surface area (Å²) in [5.41, 5.74) is 2.09. The summed E-state index contributed by atoms with van der Waals surface area (Å²) in [4.78, 5) is 24.5. The maximum atomic E-state index is 12.4. The van der Waals surface area contributed by atoms with E-state index < -0.39 is 0 Å².